The molecule has 1 spiro atoms. The van der Waals surface area contributed by atoms with Gasteiger partial charge < -0.3 is 19.6 Å². The summed E-state index contributed by atoms with van der Waals surface area (Å²) in [5.41, 5.74) is 0.540. The number of hydrogen-bond donors (Lipinski definition) is 1. The number of piperidine rings is 1. The molecule has 8 heteroatoms. The molecule has 3 aliphatic heterocycles. The Kier molecular flexibility index (Phi) is 5.28. The van der Waals surface area contributed by atoms with E-state index >= 15 is 4.39 Å². The van der Waals surface area contributed by atoms with Crippen LogP contribution in [0.3, 0.4) is 0 Å². The predicted molar refractivity (Wildman–Crippen MR) is 114 cm³/mol. The van der Waals surface area contributed by atoms with Gasteiger partial charge >= 0.3 is 6.09 Å². The quantitative estimate of drug-likeness (QED) is 0.797. The monoisotopic (exact) mass is 431 g/mol. The standard InChI is InChI=1S/C23H30FN3O4/c24-19-14-17(27-12-13-31-22(27)30)4-7-20(19)25-10-1-8-23(15-25)9-11-26(21(23)29)16-2-5-18(28)6-3-16/h4,7,14,16,18,28H,1-3,5-6,8-13,15H2/t16?,18?,23-/m0/s1. The van der Waals surface area contributed by atoms with Crippen molar-refractivity contribution >= 4 is 23.4 Å². The van der Waals surface area contributed by atoms with Crippen LogP contribution in [0.5, 0.6) is 0 Å². The first kappa shape index (κ1) is 20.5. The zero-order chi connectivity index (χ0) is 21.6. The van der Waals surface area contributed by atoms with E-state index in [1.54, 1.807) is 12.1 Å². The minimum atomic E-state index is -0.448. The van der Waals surface area contributed by atoms with Crippen LogP contribution in [-0.4, -0.2) is 66.9 Å². The van der Waals surface area contributed by atoms with Crippen molar-refractivity contribution in [3.8, 4) is 0 Å². The van der Waals surface area contributed by atoms with Crippen LogP contribution in [0.25, 0.3) is 0 Å². The van der Waals surface area contributed by atoms with Crippen molar-refractivity contribution in [3.63, 3.8) is 0 Å². The number of halogens is 1. The third-order valence-corrected chi connectivity index (χ3v) is 7.57. The van der Waals surface area contributed by atoms with Gasteiger partial charge in [-0.05, 0) is 63.1 Å². The number of rotatable bonds is 3. The SMILES string of the molecule is O=C1OCCN1c1ccc(N2CCC[C@]3(CCN(C4CCC(O)CC4)C3=O)C2)c(F)c1. The van der Waals surface area contributed by atoms with Gasteiger partial charge in [0.15, 0.2) is 0 Å². The predicted octanol–water partition coefficient (Wildman–Crippen LogP) is 2.90. The Morgan fingerprint density at radius 2 is 1.87 bits per heavy atom. The number of cyclic esters (lactones) is 1. The summed E-state index contributed by atoms with van der Waals surface area (Å²) in [7, 11) is 0. The van der Waals surface area contributed by atoms with Gasteiger partial charge in [-0.25, -0.2) is 9.18 Å². The van der Waals surface area contributed by atoms with E-state index in [0.29, 0.717) is 37.6 Å². The molecule has 3 saturated heterocycles. The first-order valence-corrected chi connectivity index (χ1v) is 11.4. The molecule has 1 saturated carbocycles. The third-order valence-electron chi connectivity index (χ3n) is 7.57. The molecule has 4 fully saturated rings. The molecule has 4 aliphatic rings. The number of hydrogen-bond acceptors (Lipinski definition) is 5. The molecule has 1 aromatic rings. The summed E-state index contributed by atoms with van der Waals surface area (Å²) in [5.74, 6) is -0.173. The molecular formula is C23H30FN3O4. The van der Waals surface area contributed by atoms with Gasteiger partial charge in [0.25, 0.3) is 0 Å². The Hall–Kier alpha value is -2.35. The van der Waals surface area contributed by atoms with Crippen molar-refractivity contribution in [1.82, 2.24) is 4.90 Å². The van der Waals surface area contributed by atoms with E-state index in [-0.39, 0.29) is 23.9 Å². The van der Waals surface area contributed by atoms with Gasteiger partial charge in [-0.15, -0.1) is 0 Å². The molecule has 2 amide bonds. The molecule has 0 unspecified atom stereocenters. The molecule has 31 heavy (non-hydrogen) atoms. The average Bonchev–Trinajstić information content (AvgIpc) is 3.33. The normalized spacial score (nSPS) is 31.6. The Bertz CT molecular complexity index is 872. The molecule has 5 rings (SSSR count). The van der Waals surface area contributed by atoms with E-state index in [1.165, 1.54) is 11.0 Å². The summed E-state index contributed by atoms with van der Waals surface area (Å²) < 4.78 is 20.0. The molecule has 0 radical (unpaired) electrons. The van der Waals surface area contributed by atoms with E-state index in [1.807, 2.05) is 9.80 Å². The maximum atomic E-state index is 15.1. The second-order valence-corrected chi connectivity index (χ2v) is 9.42. The third kappa shape index (κ3) is 3.64. The first-order chi connectivity index (χ1) is 15.0. The van der Waals surface area contributed by atoms with E-state index in [0.717, 1.165) is 51.5 Å². The molecule has 1 N–H and O–H groups in total. The van der Waals surface area contributed by atoms with Gasteiger partial charge in [0.05, 0.1) is 29.4 Å². The molecule has 168 valence electrons. The average molecular weight is 432 g/mol. The lowest BCUT2D eigenvalue weighted by Crippen LogP contribution is -2.50. The van der Waals surface area contributed by atoms with Crippen LogP contribution < -0.4 is 9.80 Å². The number of likely N-dealkylation sites (tertiary alicyclic amines) is 1. The Balaban J connectivity index is 1.31. The highest BCUT2D eigenvalue weighted by Gasteiger charge is 2.50. The Morgan fingerprint density at radius 3 is 2.58 bits per heavy atom. The van der Waals surface area contributed by atoms with Crippen molar-refractivity contribution in [2.45, 2.75) is 57.1 Å². The molecule has 0 bridgehead atoms. The fourth-order valence-electron chi connectivity index (χ4n) is 5.83. The van der Waals surface area contributed by atoms with Gasteiger partial charge in [-0.1, -0.05) is 0 Å². The van der Waals surface area contributed by atoms with Gasteiger partial charge in [0.1, 0.15) is 12.4 Å². The maximum absolute atomic E-state index is 15.1. The fourth-order valence-corrected chi connectivity index (χ4v) is 5.83. The summed E-state index contributed by atoms with van der Waals surface area (Å²) in [6, 6.07) is 5.08. The number of amides is 2. The minimum Gasteiger partial charge on any atom is -0.447 e. The zero-order valence-corrected chi connectivity index (χ0v) is 17.8. The van der Waals surface area contributed by atoms with Gasteiger partial charge in [-0.2, -0.15) is 0 Å². The van der Waals surface area contributed by atoms with Crippen LogP contribution in [-0.2, 0) is 9.53 Å². The molecule has 1 atom stereocenters. The molecule has 0 aromatic heterocycles. The van der Waals surface area contributed by atoms with Gasteiger partial charge in [0, 0.05) is 25.7 Å². The second-order valence-electron chi connectivity index (χ2n) is 9.42. The van der Waals surface area contributed by atoms with E-state index in [9.17, 15) is 14.7 Å². The van der Waals surface area contributed by atoms with Crippen LogP contribution in [0.2, 0.25) is 0 Å². The lowest BCUT2D eigenvalue weighted by molar-refractivity contribution is -0.139. The lowest BCUT2D eigenvalue weighted by atomic mass is 9.78. The molecule has 1 aliphatic carbocycles. The number of carbonyl (C=O) groups is 2. The highest BCUT2D eigenvalue weighted by atomic mass is 19.1. The Labute approximate surface area is 181 Å². The smallest absolute Gasteiger partial charge is 0.414 e. The molecule has 3 heterocycles. The summed E-state index contributed by atoms with van der Waals surface area (Å²) in [6.45, 7) is 2.74. The van der Waals surface area contributed by atoms with E-state index < -0.39 is 11.5 Å². The van der Waals surface area contributed by atoms with Crippen molar-refractivity contribution in [3.05, 3.63) is 24.0 Å². The molecule has 7 nitrogen and oxygen atoms in total. The minimum absolute atomic E-state index is 0.204. The summed E-state index contributed by atoms with van der Waals surface area (Å²) >= 11 is 0. The van der Waals surface area contributed by atoms with Crippen LogP contribution >= 0.6 is 0 Å². The molecular weight excluding hydrogens is 401 g/mol. The topological polar surface area (TPSA) is 73.3 Å². The highest BCUT2D eigenvalue weighted by molar-refractivity contribution is 5.89. The maximum Gasteiger partial charge on any atom is 0.414 e. The molecule has 1 aromatic carbocycles. The van der Waals surface area contributed by atoms with E-state index in [4.69, 9.17) is 4.74 Å². The largest absolute Gasteiger partial charge is 0.447 e. The zero-order valence-electron chi connectivity index (χ0n) is 17.8. The number of ether oxygens (including phenoxy) is 1. The van der Waals surface area contributed by atoms with Crippen molar-refractivity contribution in [2.75, 3.05) is 42.6 Å². The van der Waals surface area contributed by atoms with Crippen LogP contribution in [0.1, 0.15) is 44.9 Å². The number of carbonyl (C=O) groups excluding carboxylic acids is 2. The van der Waals surface area contributed by atoms with Crippen molar-refractivity contribution < 1.29 is 23.8 Å². The van der Waals surface area contributed by atoms with Crippen LogP contribution in [0.15, 0.2) is 18.2 Å². The number of aliphatic hydroxyl groups is 1. The first-order valence-electron chi connectivity index (χ1n) is 11.4. The summed E-state index contributed by atoms with van der Waals surface area (Å²) in [6.07, 6.45) is 5.06. The number of nitrogens with zero attached hydrogens (tertiary/aromatic N) is 3. The Morgan fingerprint density at radius 1 is 1.06 bits per heavy atom. The van der Waals surface area contributed by atoms with E-state index in [2.05, 4.69) is 0 Å². The lowest BCUT2D eigenvalue weighted by Gasteiger charge is -2.41. The number of benzene rings is 1. The van der Waals surface area contributed by atoms with Crippen molar-refractivity contribution in [2.24, 2.45) is 5.41 Å². The van der Waals surface area contributed by atoms with Crippen LogP contribution in [0.4, 0.5) is 20.6 Å². The second kappa shape index (κ2) is 7.97. The van der Waals surface area contributed by atoms with Crippen molar-refractivity contribution in [1.29, 1.82) is 0 Å². The summed E-state index contributed by atoms with van der Waals surface area (Å²) in [5, 5.41) is 9.79. The highest BCUT2D eigenvalue weighted by Crippen LogP contribution is 2.44. The van der Waals surface area contributed by atoms with Crippen LogP contribution in [0, 0.1) is 11.2 Å². The number of anilines is 2. The van der Waals surface area contributed by atoms with Gasteiger partial charge in [0.2, 0.25) is 5.91 Å². The van der Waals surface area contributed by atoms with Gasteiger partial charge in [-0.3, -0.25) is 9.69 Å². The number of aliphatic hydroxyl groups excluding tert-OH is 1. The fraction of sp³-hybridized carbons (Fsp3) is 0.652. The summed E-state index contributed by atoms with van der Waals surface area (Å²) in [4.78, 5) is 30.7.